The van der Waals surface area contributed by atoms with Crippen LogP contribution in [-0.2, 0) is 14.5 Å². The van der Waals surface area contributed by atoms with Gasteiger partial charge in [0.05, 0.1) is 0 Å². The molecule has 0 aliphatic rings. The Kier molecular flexibility index (Phi) is 18.4. The third-order valence-electron chi connectivity index (χ3n) is 0.606. The van der Waals surface area contributed by atoms with E-state index in [2.05, 4.69) is 24.6 Å². The number of carbonyl (C=O) groups excluding carboxylic acids is 1. The quantitative estimate of drug-likeness (QED) is 0.319. The van der Waals surface area contributed by atoms with Crippen LogP contribution in [0.15, 0.2) is 37.5 Å². The zero-order valence-corrected chi connectivity index (χ0v) is 8.90. The van der Waals surface area contributed by atoms with Gasteiger partial charge in [-0.15, -0.1) is 6.58 Å². The zero-order chi connectivity index (χ0) is 12.9. The molecular formula is C10H16O5. The van der Waals surface area contributed by atoms with Crippen molar-refractivity contribution in [2.75, 3.05) is 0 Å². The molecule has 0 aromatic carbocycles. The molecule has 0 spiro atoms. The van der Waals surface area contributed by atoms with Gasteiger partial charge in [0.1, 0.15) is 0 Å². The molecule has 0 amide bonds. The molecule has 0 unspecified atom stereocenters. The van der Waals surface area contributed by atoms with E-state index in [1.807, 2.05) is 6.92 Å². The van der Waals surface area contributed by atoms with Crippen LogP contribution in [0.4, 0.5) is 0 Å². The number of allylic oxidation sites excluding steroid dienone is 1. The maximum absolute atomic E-state index is 9.94. The van der Waals surface area contributed by atoms with Gasteiger partial charge in [-0.05, 0) is 13.8 Å². The second-order valence-electron chi connectivity index (χ2n) is 2.11. The van der Waals surface area contributed by atoms with Crippen LogP contribution in [0, 0.1) is 0 Å². The molecule has 0 aliphatic carbocycles. The molecule has 0 aliphatic heterocycles. The molecular weight excluding hydrogens is 200 g/mol. The molecule has 0 rings (SSSR count). The fraction of sp³-hybridized carbons (Fsp3) is 0.200. The van der Waals surface area contributed by atoms with Crippen LogP contribution in [0.3, 0.4) is 0 Å². The number of hydrogen-bond acceptors (Lipinski definition) is 4. The summed E-state index contributed by atoms with van der Waals surface area (Å²) in [5.74, 6) is -1.77. The third-order valence-corrected chi connectivity index (χ3v) is 0.606. The first-order valence-corrected chi connectivity index (χ1v) is 3.80. The number of hydrogen-bond donors (Lipinski definition) is 2. The van der Waals surface area contributed by atoms with Crippen molar-refractivity contribution in [3.05, 3.63) is 37.5 Å². The highest BCUT2D eigenvalue weighted by Crippen LogP contribution is 1.86. The summed E-state index contributed by atoms with van der Waals surface area (Å²) in [6.07, 6.45) is 2.58. The lowest BCUT2D eigenvalue weighted by molar-refractivity contribution is -0.229. The molecule has 0 heterocycles. The van der Waals surface area contributed by atoms with E-state index in [1.165, 1.54) is 6.92 Å². The summed E-state index contributed by atoms with van der Waals surface area (Å²) in [7, 11) is 0. The highest BCUT2D eigenvalue weighted by Gasteiger charge is 1.98. The Morgan fingerprint density at radius 1 is 1.33 bits per heavy atom. The van der Waals surface area contributed by atoms with Crippen LogP contribution in [0.2, 0.25) is 0 Å². The standard InChI is InChI=1S/C4H6O3.C3H4O2.C3H6/c1-3(2)4(5)7-6;1-2-3(4)5;1-3-2/h6H,1H2,2H3;2H,1H2,(H,4,5);3H,1H2,2H3. The summed E-state index contributed by atoms with van der Waals surface area (Å²) in [5, 5.41) is 15.2. The van der Waals surface area contributed by atoms with Crippen LogP contribution in [0.1, 0.15) is 13.8 Å². The lowest BCUT2D eigenvalue weighted by atomic mass is 10.4. The lowest BCUT2D eigenvalue weighted by Gasteiger charge is -1.88. The number of carboxylic acid groups (broad SMARTS) is 1. The summed E-state index contributed by atoms with van der Waals surface area (Å²) in [6, 6.07) is 0. The van der Waals surface area contributed by atoms with Crippen molar-refractivity contribution < 1.29 is 24.8 Å². The first-order chi connectivity index (χ1) is 6.87. The predicted molar refractivity (Wildman–Crippen MR) is 57.2 cm³/mol. The van der Waals surface area contributed by atoms with E-state index in [4.69, 9.17) is 10.4 Å². The van der Waals surface area contributed by atoms with E-state index in [1.54, 1.807) is 6.08 Å². The Morgan fingerprint density at radius 3 is 1.60 bits per heavy atom. The van der Waals surface area contributed by atoms with Gasteiger partial charge in [0.25, 0.3) is 0 Å². The smallest absolute Gasteiger partial charge is 0.367 e. The van der Waals surface area contributed by atoms with Gasteiger partial charge in [-0.3, -0.25) is 4.89 Å². The Bertz CT molecular complexity index is 230. The van der Waals surface area contributed by atoms with Crippen LogP contribution in [0.5, 0.6) is 0 Å². The summed E-state index contributed by atoms with van der Waals surface area (Å²) in [6.45, 7) is 12.8. The fourth-order valence-corrected chi connectivity index (χ4v) is 0.0779. The largest absolute Gasteiger partial charge is 0.478 e. The van der Waals surface area contributed by atoms with Crippen LogP contribution >= 0.6 is 0 Å². The van der Waals surface area contributed by atoms with E-state index < -0.39 is 11.9 Å². The van der Waals surface area contributed by atoms with Crippen molar-refractivity contribution in [2.45, 2.75) is 13.8 Å². The highest BCUT2D eigenvalue weighted by molar-refractivity contribution is 5.86. The minimum Gasteiger partial charge on any atom is -0.478 e. The first-order valence-electron chi connectivity index (χ1n) is 3.80. The topological polar surface area (TPSA) is 83.8 Å². The number of carbonyl (C=O) groups is 2. The zero-order valence-electron chi connectivity index (χ0n) is 8.90. The molecule has 0 radical (unpaired) electrons. The van der Waals surface area contributed by atoms with E-state index in [0.29, 0.717) is 0 Å². The third kappa shape index (κ3) is 33.1. The van der Waals surface area contributed by atoms with Crippen molar-refractivity contribution in [1.29, 1.82) is 0 Å². The SMILES string of the molecule is C=C(C)C(=O)OO.C=CC.C=CC(=O)O. The normalized spacial score (nSPS) is 6.60. The highest BCUT2D eigenvalue weighted by atomic mass is 17.1. The van der Waals surface area contributed by atoms with Crippen LogP contribution < -0.4 is 0 Å². The summed E-state index contributed by atoms with van der Waals surface area (Å²) in [4.78, 5) is 22.5. The van der Waals surface area contributed by atoms with Crippen molar-refractivity contribution in [3.8, 4) is 0 Å². The Hall–Kier alpha value is -1.88. The number of aliphatic carboxylic acids is 1. The first kappa shape index (κ1) is 18.8. The molecule has 86 valence electrons. The fourth-order valence-electron chi connectivity index (χ4n) is 0.0779. The second-order valence-corrected chi connectivity index (χ2v) is 2.11. The molecule has 0 fully saturated rings. The molecule has 0 bridgehead atoms. The predicted octanol–water partition coefficient (Wildman–Crippen LogP) is 2.03. The lowest BCUT2D eigenvalue weighted by Crippen LogP contribution is -1.99. The van der Waals surface area contributed by atoms with Crippen molar-refractivity contribution in [1.82, 2.24) is 0 Å². The molecule has 0 atom stereocenters. The van der Waals surface area contributed by atoms with E-state index in [0.717, 1.165) is 6.08 Å². The maximum atomic E-state index is 9.94. The average molecular weight is 216 g/mol. The van der Waals surface area contributed by atoms with Gasteiger partial charge in [-0.25, -0.2) is 9.59 Å². The molecule has 0 aromatic rings. The summed E-state index contributed by atoms with van der Waals surface area (Å²) in [5.41, 5.74) is 0.183. The van der Waals surface area contributed by atoms with E-state index >= 15 is 0 Å². The molecule has 0 aromatic heterocycles. The van der Waals surface area contributed by atoms with Gasteiger partial charge in [0, 0.05) is 11.6 Å². The van der Waals surface area contributed by atoms with Crippen LogP contribution in [0.25, 0.3) is 0 Å². The van der Waals surface area contributed by atoms with Gasteiger partial charge < -0.3 is 5.11 Å². The van der Waals surface area contributed by atoms with Gasteiger partial charge in [-0.1, -0.05) is 19.2 Å². The Balaban J connectivity index is -0.000000158. The summed E-state index contributed by atoms with van der Waals surface area (Å²) < 4.78 is 0. The van der Waals surface area contributed by atoms with Crippen molar-refractivity contribution in [2.24, 2.45) is 0 Å². The van der Waals surface area contributed by atoms with Gasteiger partial charge >= 0.3 is 11.9 Å². The van der Waals surface area contributed by atoms with Gasteiger partial charge in [-0.2, -0.15) is 5.26 Å². The Labute approximate surface area is 88.9 Å². The number of carboxylic acids is 1. The van der Waals surface area contributed by atoms with E-state index in [9.17, 15) is 9.59 Å². The minimum atomic E-state index is -0.981. The van der Waals surface area contributed by atoms with Crippen molar-refractivity contribution in [3.63, 3.8) is 0 Å². The molecule has 5 nitrogen and oxygen atoms in total. The molecule has 15 heavy (non-hydrogen) atoms. The number of rotatable bonds is 2. The molecule has 0 saturated heterocycles. The summed E-state index contributed by atoms with van der Waals surface area (Å²) >= 11 is 0. The maximum Gasteiger partial charge on any atom is 0.367 e. The molecule has 0 saturated carbocycles. The van der Waals surface area contributed by atoms with Gasteiger partial charge in [0.2, 0.25) is 0 Å². The monoisotopic (exact) mass is 216 g/mol. The Morgan fingerprint density at radius 2 is 1.60 bits per heavy atom. The van der Waals surface area contributed by atoms with Gasteiger partial charge in [0.15, 0.2) is 0 Å². The van der Waals surface area contributed by atoms with E-state index in [-0.39, 0.29) is 5.57 Å². The second kappa shape index (κ2) is 14.6. The van der Waals surface area contributed by atoms with Crippen LogP contribution in [-0.4, -0.2) is 22.3 Å². The average Bonchev–Trinajstić information content (AvgIpc) is 2.18. The molecule has 2 N–H and O–H groups in total. The molecule has 5 heteroatoms. The minimum absolute atomic E-state index is 0.183. The van der Waals surface area contributed by atoms with Crippen molar-refractivity contribution >= 4 is 11.9 Å².